The molecule has 1 fully saturated rings. The number of carbonyl (C=O) groups excluding carboxylic acids is 1. The zero-order chi connectivity index (χ0) is 23.7. The third-order valence-corrected chi connectivity index (χ3v) is 5.37. The highest BCUT2D eigenvalue weighted by atomic mass is 35.5. The Balaban J connectivity index is 2.26. The van der Waals surface area contributed by atoms with Gasteiger partial charge < -0.3 is 14.2 Å². The van der Waals surface area contributed by atoms with Crippen LogP contribution in [0.4, 0.5) is 26.3 Å². The highest BCUT2D eigenvalue weighted by Crippen LogP contribution is 2.60. The first-order chi connectivity index (χ1) is 14.3. The van der Waals surface area contributed by atoms with Crippen molar-refractivity contribution in [1.82, 2.24) is 0 Å². The van der Waals surface area contributed by atoms with Crippen molar-refractivity contribution >= 4 is 17.6 Å². The number of halogens is 7. The molecule has 0 amide bonds. The van der Waals surface area contributed by atoms with Gasteiger partial charge in [-0.2, -0.15) is 22.0 Å². The summed E-state index contributed by atoms with van der Waals surface area (Å²) in [4.78, 5) is 12.4. The van der Waals surface area contributed by atoms with Gasteiger partial charge >= 0.3 is 12.1 Å². The summed E-state index contributed by atoms with van der Waals surface area (Å²) in [6.45, 7) is 4.85. The van der Waals surface area contributed by atoms with Gasteiger partial charge in [-0.3, -0.25) is 4.79 Å². The Morgan fingerprint density at radius 1 is 1.03 bits per heavy atom. The molecule has 0 aliphatic heterocycles. The smallest absolute Gasteiger partial charge is 0.426 e. The molecule has 4 nitrogen and oxygen atoms in total. The largest absolute Gasteiger partial charge is 0.490 e. The number of alkyl halides is 3. The predicted molar refractivity (Wildman–Crippen MR) is 99.2 cm³/mol. The fraction of sp³-hybridized carbons (Fsp3) is 0.550. The Labute approximate surface area is 180 Å². The molecule has 31 heavy (non-hydrogen) atoms. The average molecular weight is 475 g/mol. The third-order valence-electron chi connectivity index (χ3n) is 5.03. The Morgan fingerprint density at radius 3 is 2.10 bits per heavy atom. The summed E-state index contributed by atoms with van der Waals surface area (Å²) in [7, 11) is 0. The number of allylic oxidation sites excluding steroid dienone is 2. The molecule has 0 bridgehead atoms. The van der Waals surface area contributed by atoms with E-state index >= 15 is 0 Å². The number of ether oxygens (including phenoxy) is 3. The second kappa shape index (κ2) is 9.18. The van der Waals surface area contributed by atoms with Crippen LogP contribution in [0.1, 0.15) is 33.3 Å². The monoisotopic (exact) mass is 474 g/mol. The summed E-state index contributed by atoms with van der Waals surface area (Å²) in [5.41, 5.74) is -1.59. The number of rotatable bonds is 8. The van der Waals surface area contributed by atoms with Crippen molar-refractivity contribution in [3.63, 3.8) is 0 Å². The van der Waals surface area contributed by atoms with Gasteiger partial charge in [0, 0.05) is 0 Å². The van der Waals surface area contributed by atoms with E-state index in [4.69, 9.17) is 25.8 Å². The number of benzene rings is 1. The van der Waals surface area contributed by atoms with E-state index in [0.717, 1.165) is 6.08 Å². The average Bonchev–Trinajstić information content (AvgIpc) is 3.22. The SMILES string of the molecule is CCOc1c(F)c(F)c(COC(=O)[C@H]2[C@@H](/C=C(\Cl)C(F)(F)F)C2(C)C)c(OCC)c1F. The lowest BCUT2D eigenvalue weighted by Crippen LogP contribution is -2.14. The van der Waals surface area contributed by atoms with Gasteiger partial charge in [0.05, 0.1) is 24.7 Å². The van der Waals surface area contributed by atoms with E-state index in [-0.39, 0.29) is 13.2 Å². The molecule has 2 rings (SSSR count). The summed E-state index contributed by atoms with van der Waals surface area (Å²) in [5, 5.41) is -1.37. The van der Waals surface area contributed by atoms with E-state index in [9.17, 15) is 31.1 Å². The lowest BCUT2D eigenvalue weighted by molar-refractivity contribution is -0.147. The molecular formula is C20H21ClF6O4. The van der Waals surface area contributed by atoms with Gasteiger partial charge in [0.1, 0.15) is 11.6 Å². The van der Waals surface area contributed by atoms with Gasteiger partial charge in [-0.1, -0.05) is 31.5 Å². The number of carbonyl (C=O) groups is 1. The van der Waals surface area contributed by atoms with Gasteiger partial charge in [-0.05, 0) is 25.2 Å². The van der Waals surface area contributed by atoms with Crippen molar-refractivity contribution in [2.45, 2.75) is 40.5 Å². The Morgan fingerprint density at radius 2 is 1.58 bits per heavy atom. The number of hydrogen-bond acceptors (Lipinski definition) is 4. The van der Waals surface area contributed by atoms with Crippen LogP contribution in [0.25, 0.3) is 0 Å². The van der Waals surface area contributed by atoms with E-state index in [1.807, 2.05) is 0 Å². The lowest BCUT2D eigenvalue weighted by Gasteiger charge is -2.16. The highest BCUT2D eigenvalue weighted by molar-refractivity contribution is 6.30. The minimum atomic E-state index is -4.76. The number of hydrogen-bond donors (Lipinski definition) is 0. The van der Waals surface area contributed by atoms with Crippen molar-refractivity contribution < 1.29 is 45.3 Å². The molecule has 0 spiro atoms. The van der Waals surface area contributed by atoms with E-state index in [1.54, 1.807) is 0 Å². The zero-order valence-corrected chi connectivity index (χ0v) is 17.9. The third kappa shape index (κ3) is 5.05. The highest BCUT2D eigenvalue weighted by Gasteiger charge is 2.62. The molecule has 0 heterocycles. The Bertz CT molecular complexity index is 882. The van der Waals surface area contributed by atoms with E-state index in [0.29, 0.717) is 0 Å². The summed E-state index contributed by atoms with van der Waals surface area (Å²) >= 11 is 5.24. The Kier molecular flexibility index (Phi) is 7.45. The van der Waals surface area contributed by atoms with Crippen LogP contribution >= 0.6 is 11.6 Å². The van der Waals surface area contributed by atoms with E-state index in [2.05, 4.69) is 0 Å². The quantitative estimate of drug-likeness (QED) is 0.267. The maximum atomic E-state index is 14.6. The van der Waals surface area contributed by atoms with Crippen molar-refractivity contribution in [2.24, 2.45) is 17.3 Å². The van der Waals surface area contributed by atoms with Gasteiger partial charge in [-0.25, -0.2) is 4.39 Å². The van der Waals surface area contributed by atoms with Crippen LogP contribution in [0.3, 0.4) is 0 Å². The maximum Gasteiger partial charge on any atom is 0.426 e. The van der Waals surface area contributed by atoms with E-state index in [1.165, 1.54) is 27.7 Å². The van der Waals surface area contributed by atoms with Crippen LogP contribution in [0, 0.1) is 34.7 Å². The summed E-state index contributed by atoms with van der Waals surface area (Å²) in [5.74, 6) is -8.91. The molecule has 1 aliphatic rings. The standard InChI is InChI=1S/C20H21ClF6O4/c1-5-29-16-9(13(22)14(23)17(15(16)24)30-6-2)8-31-18(28)12-10(19(12,3)4)7-11(21)20(25,26)27/h7,10,12H,5-6,8H2,1-4H3/b11-7-/t10-,12-/m1/s1. The zero-order valence-electron chi connectivity index (χ0n) is 17.1. The molecule has 0 N–H and O–H groups in total. The second-order valence-electron chi connectivity index (χ2n) is 7.39. The van der Waals surface area contributed by atoms with Crippen molar-refractivity contribution in [2.75, 3.05) is 13.2 Å². The molecule has 0 aromatic heterocycles. The normalized spacial score (nSPS) is 20.4. The van der Waals surface area contributed by atoms with Crippen LogP contribution in [0.5, 0.6) is 11.5 Å². The summed E-state index contributed by atoms with van der Waals surface area (Å²) < 4.78 is 96.0. The molecule has 0 radical (unpaired) electrons. The maximum absolute atomic E-state index is 14.6. The summed E-state index contributed by atoms with van der Waals surface area (Å²) in [6, 6.07) is 0. The first kappa shape index (κ1) is 25.2. The van der Waals surface area contributed by atoms with Crippen LogP contribution < -0.4 is 9.47 Å². The molecular weight excluding hydrogens is 454 g/mol. The predicted octanol–water partition coefficient (Wildman–Crippen LogP) is 5.90. The summed E-state index contributed by atoms with van der Waals surface area (Å²) in [6.07, 6.45) is -4.04. The molecule has 174 valence electrons. The van der Waals surface area contributed by atoms with E-state index < -0.39 is 75.5 Å². The molecule has 0 unspecified atom stereocenters. The lowest BCUT2D eigenvalue weighted by atomic mass is 10.1. The van der Waals surface area contributed by atoms with Gasteiger partial charge in [-0.15, -0.1) is 0 Å². The molecule has 1 aromatic carbocycles. The van der Waals surface area contributed by atoms with Crippen LogP contribution in [-0.2, 0) is 16.1 Å². The fourth-order valence-electron chi connectivity index (χ4n) is 3.28. The molecule has 1 aromatic rings. The van der Waals surface area contributed by atoms with Crippen LogP contribution in [0.2, 0.25) is 0 Å². The van der Waals surface area contributed by atoms with Crippen molar-refractivity contribution in [1.29, 1.82) is 0 Å². The van der Waals surface area contributed by atoms with Crippen molar-refractivity contribution in [3.8, 4) is 11.5 Å². The molecule has 1 saturated carbocycles. The molecule has 2 atom stereocenters. The van der Waals surface area contributed by atoms with Crippen molar-refractivity contribution in [3.05, 3.63) is 34.1 Å². The van der Waals surface area contributed by atoms with Crippen LogP contribution in [-0.4, -0.2) is 25.4 Å². The number of esters is 1. The second-order valence-corrected chi connectivity index (χ2v) is 7.80. The Hall–Kier alpha value is -2.10. The topological polar surface area (TPSA) is 44.8 Å². The van der Waals surface area contributed by atoms with Gasteiger partial charge in [0.15, 0.2) is 17.3 Å². The van der Waals surface area contributed by atoms with Gasteiger partial charge in [0.2, 0.25) is 11.6 Å². The first-order valence-electron chi connectivity index (χ1n) is 9.34. The molecule has 1 aliphatic carbocycles. The minimum absolute atomic E-state index is 0.104. The first-order valence-corrected chi connectivity index (χ1v) is 9.72. The minimum Gasteiger partial charge on any atom is -0.490 e. The van der Waals surface area contributed by atoms with Gasteiger partial charge in [0.25, 0.3) is 0 Å². The molecule has 11 heteroatoms. The van der Waals surface area contributed by atoms with Crippen LogP contribution in [0.15, 0.2) is 11.1 Å². The fourth-order valence-corrected chi connectivity index (χ4v) is 3.42. The molecule has 0 saturated heterocycles.